The van der Waals surface area contributed by atoms with Crippen molar-refractivity contribution in [2.24, 2.45) is 0 Å². The summed E-state index contributed by atoms with van der Waals surface area (Å²) in [4.78, 5) is 14.5. The number of ketones is 1. The highest BCUT2D eigenvalue weighted by molar-refractivity contribution is 5.97. The smallest absolute Gasteiger partial charge is 0.176 e. The number of Topliss-reactive ketones (excluding diaryl/α,β-unsaturated/α-hetero) is 1. The third-order valence-corrected chi connectivity index (χ3v) is 4.00. The van der Waals surface area contributed by atoms with E-state index < -0.39 is 0 Å². The summed E-state index contributed by atoms with van der Waals surface area (Å²) in [6.07, 6.45) is 1.98. The van der Waals surface area contributed by atoms with Gasteiger partial charge >= 0.3 is 0 Å². The van der Waals surface area contributed by atoms with Crippen molar-refractivity contribution >= 4 is 5.78 Å². The summed E-state index contributed by atoms with van der Waals surface area (Å²) >= 11 is 0. The summed E-state index contributed by atoms with van der Waals surface area (Å²) < 4.78 is 5.50. The van der Waals surface area contributed by atoms with Crippen LogP contribution in [0.2, 0.25) is 0 Å². The molecule has 4 heteroatoms. The number of carbonyl (C=O) groups excluding carboxylic acids is 1. The van der Waals surface area contributed by atoms with Crippen LogP contribution in [-0.4, -0.2) is 54.2 Å². The van der Waals surface area contributed by atoms with Crippen molar-refractivity contribution in [3.05, 3.63) is 35.4 Å². The zero-order valence-electron chi connectivity index (χ0n) is 12.9. The van der Waals surface area contributed by atoms with E-state index in [1.54, 1.807) is 0 Å². The normalized spacial score (nSPS) is 23.2. The predicted octanol–water partition coefficient (Wildman–Crippen LogP) is 1.90. The number of aliphatic hydroxyl groups is 1. The van der Waals surface area contributed by atoms with Gasteiger partial charge < -0.3 is 9.84 Å². The summed E-state index contributed by atoms with van der Waals surface area (Å²) in [5, 5.41) is 9.19. The van der Waals surface area contributed by atoms with Crippen LogP contribution in [0.1, 0.15) is 36.2 Å². The van der Waals surface area contributed by atoms with Crippen LogP contribution in [0.4, 0.5) is 0 Å². The molecule has 1 N–H and O–H groups in total. The number of benzene rings is 1. The minimum atomic E-state index is -0.180. The molecule has 21 heavy (non-hydrogen) atoms. The molecule has 0 radical (unpaired) electrons. The van der Waals surface area contributed by atoms with Gasteiger partial charge in [0, 0.05) is 18.2 Å². The molecule has 4 nitrogen and oxygen atoms in total. The Kier molecular flexibility index (Phi) is 5.91. The lowest BCUT2D eigenvalue weighted by Crippen LogP contribution is -2.51. The molecule has 1 saturated heterocycles. The predicted molar refractivity (Wildman–Crippen MR) is 82.6 cm³/mol. The number of ether oxygens (including phenoxy) is 1. The van der Waals surface area contributed by atoms with Crippen molar-refractivity contribution in [2.45, 2.75) is 38.8 Å². The molecule has 1 aromatic carbocycles. The minimum Gasteiger partial charge on any atom is -0.394 e. The molecule has 116 valence electrons. The van der Waals surface area contributed by atoms with Crippen LogP contribution in [-0.2, 0) is 11.2 Å². The van der Waals surface area contributed by atoms with Gasteiger partial charge in [-0.3, -0.25) is 9.69 Å². The van der Waals surface area contributed by atoms with Gasteiger partial charge in [0.1, 0.15) is 0 Å². The first-order chi connectivity index (χ1) is 10.1. The van der Waals surface area contributed by atoms with Crippen molar-refractivity contribution < 1.29 is 14.6 Å². The second-order valence-corrected chi connectivity index (χ2v) is 5.79. The van der Waals surface area contributed by atoms with Gasteiger partial charge in [0.25, 0.3) is 0 Å². The Morgan fingerprint density at radius 3 is 2.71 bits per heavy atom. The highest BCUT2D eigenvalue weighted by atomic mass is 16.5. The van der Waals surface area contributed by atoms with Crippen molar-refractivity contribution in [1.82, 2.24) is 4.90 Å². The van der Waals surface area contributed by atoms with E-state index in [9.17, 15) is 9.90 Å². The van der Waals surface area contributed by atoms with Crippen LogP contribution in [0.3, 0.4) is 0 Å². The van der Waals surface area contributed by atoms with Crippen molar-refractivity contribution in [3.63, 3.8) is 0 Å². The molecule has 1 heterocycles. The number of aliphatic hydroxyl groups excluding tert-OH is 1. The Morgan fingerprint density at radius 1 is 1.38 bits per heavy atom. The largest absolute Gasteiger partial charge is 0.394 e. The monoisotopic (exact) mass is 291 g/mol. The van der Waals surface area contributed by atoms with Gasteiger partial charge in [-0.25, -0.2) is 0 Å². The summed E-state index contributed by atoms with van der Waals surface area (Å²) in [6.45, 7) is 5.75. The Hall–Kier alpha value is -1.23. The molecule has 0 bridgehead atoms. The maximum atomic E-state index is 12.4. The molecule has 0 amide bonds. The number of rotatable bonds is 6. The first-order valence-corrected chi connectivity index (χ1v) is 7.72. The van der Waals surface area contributed by atoms with E-state index in [2.05, 4.69) is 11.8 Å². The van der Waals surface area contributed by atoms with Gasteiger partial charge in [0.15, 0.2) is 5.78 Å². The number of hydrogen-bond acceptors (Lipinski definition) is 4. The van der Waals surface area contributed by atoms with Crippen LogP contribution in [0, 0.1) is 0 Å². The maximum Gasteiger partial charge on any atom is 0.176 e. The van der Waals surface area contributed by atoms with Crippen LogP contribution < -0.4 is 0 Å². The van der Waals surface area contributed by atoms with Gasteiger partial charge in [-0.15, -0.1) is 0 Å². The lowest BCUT2D eigenvalue weighted by atomic mass is 10.0. The number of morpholine rings is 1. The second kappa shape index (κ2) is 7.69. The molecule has 1 aliphatic rings. The molecular formula is C17H25NO3. The summed E-state index contributed by atoms with van der Waals surface area (Å²) in [5.74, 6) is 0.128. The minimum absolute atomic E-state index is 0.00310. The average molecular weight is 291 g/mol. The lowest BCUT2D eigenvalue weighted by Gasteiger charge is -2.36. The fraction of sp³-hybridized carbons (Fsp3) is 0.588. The fourth-order valence-corrected chi connectivity index (χ4v) is 2.63. The SMILES string of the molecule is CCCc1ccc(C(=O)CN2CC(CO)OCC2C)cc1. The molecule has 0 aliphatic carbocycles. The molecule has 0 spiro atoms. The van der Waals surface area contributed by atoms with Crippen molar-refractivity contribution in [2.75, 3.05) is 26.3 Å². The molecule has 2 rings (SSSR count). The molecule has 1 fully saturated rings. The van der Waals surface area contributed by atoms with E-state index in [1.807, 2.05) is 31.2 Å². The third-order valence-electron chi connectivity index (χ3n) is 4.00. The van der Waals surface area contributed by atoms with E-state index in [0.29, 0.717) is 19.7 Å². The van der Waals surface area contributed by atoms with E-state index in [-0.39, 0.29) is 24.5 Å². The van der Waals surface area contributed by atoms with Gasteiger partial charge in [-0.2, -0.15) is 0 Å². The van der Waals surface area contributed by atoms with Gasteiger partial charge in [0.05, 0.1) is 25.9 Å². The first kappa shape index (κ1) is 16.1. The summed E-state index contributed by atoms with van der Waals surface area (Å²) in [7, 11) is 0. The zero-order chi connectivity index (χ0) is 15.2. The van der Waals surface area contributed by atoms with Gasteiger partial charge in [-0.1, -0.05) is 37.6 Å². The molecule has 0 aromatic heterocycles. The van der Waals surface area contributed by atoms with Gasteiger partial charge in [-0.05, 0) is 18.9 Å². The van der Waals surface area contributed by atoms with Crippen LogP contribution in [0.5, 0.6) is 0 Å². The number of hydrogen-bond donors (Lipinski definition) is 1. The Morgan fingerprint density at radius 2 is 2.10 bits per heavy atom. The zero-order valence-corrected chi connectivity index (χ0v) is 12.9. The Balaban J connectivity index is 1.96. The van der Waals surface area contributed by atoms with Crippen molar-refractivity contribution in [1.29, 1.82) is 0 Å². The van der Waals surface area contributed by atoms with Crippen molar-refractivity contribution in [3.8, 4) is 0 Å². The maximum absolute atomic E-state index is 12.4. The van der Waals surface area contributed by atoms with Gasteiger partial charge in [0.2, 0.25) is 0 Å². The molecule has 2 unspecified atom stereocenters. The number of nitrogens with zero attached hydrogens (tertiary/aromatic N) is 1. The molecule has 0 saturated carbocycles. The molecule has 1 aromatic rings. The van der Waals surface area contributed by atoms with E-state index >= 15 is 0 Å². The Bertz CT molecular complexity index is 458. The topological polar surface area (TPSA) is 49.8 Å². The van der Waals surface area contributed by atoms with E-state index in [0.717, 1.165) is 18.4 Å². The number of aryl methyl sites for hydroxylation is 1. The highest BCUT2D eigenvalue weighted by Crippen LogP contribution is 2.13. The quantitative estimate of drug-likeness (QED) is 0.813. The first-order valence-electron chi connectivity index (χ1n) is 7.72. The summed E-state index contributed by atoms with van der Waals surface area (Å²) in [6, 6.07) is 8.12. The third kappa shape index (κ3) is 4.37. The highest BCUT2D eigenvalue weighted by Gasteiger charge is 2.27. The van der Waals surface area contributed by atoms with E-state index in [1.165, 1.54) is 5.56 Å². The average Bonchev–Trinajstić information content (AvgIpc) is 2.50. The second-order valence-electron chi connectivity index (χ2n) is 5.79. The summed E-state index contributed by atoms with van der Waals surface area (Å²) in [5.41, 5.74) is 2.03. The molecular weight excluding hydrogens is 266 g/mol. The number of carbonyl (C=O) groups is 1. The molecule has 1 aliphatic heterocycles. The lowest BCUT2D eigenvalue weighted by molar-refractivity contribution is -0.0747. The Labute approximate surface area is 126 Å². The molecule has 2 atom stereocenters. The fourth-order valence-electron chi connectivity index (χ4n) is 2.63. The van der Waals surface area contributed by atoms with Crippen LogP contribution in [0.25, 0.3) is 0 Å². The van der Waals surface area contributed by atoms with E-state index in [4.69, 9.17) is 4.74 Å². The van der Waals surface area contributed by atoms with Crippen LogP contribution >= 0.6 is 0 Å². The van der Waals surface area contributed by atoms with Crippen LogP contribution in [0.15, 0.2) is 24.3 Å². The standard InChI is InChI=1S/C17H25NO3/c1-3-4-14-5-7-15(8-6-14)17(20)10-18-9-16(11-19)21-12-13(18)2/h5-8,13,16,19H,3-4,9-12H2,1-2H3.